The van der Waals surface area contributed by atoms with Crippen molar-refractivity contribution in [2.45, 2.75) is 6.18 Å². The number of thiocarbonyl (C=S) groups is 1. The lowest BCUT2D eigenvalue weighted by Crippen LogP contribution is -2.23. The molecule has 7 heteroatoms. The number of para-hydroxylation sites is 1. The second kappa shape index (κ2) is 7.04. The van der Waals surface area contributed by atoms with E-state index in [-0.39, 0.29) is 5.11 Å². The number of benzene rings is 2. The van der Waals surface area contributed by atoms with Crippen LogP contribution >= 0.6 is 12.2 Å². The number of nitrogens with zero attached hydrogens (tertiary/aromatic N) is 1. The van der Waals surface area contributed by atoms with Crippen molar-refractivity contribution in [2.75, 3.05) is 5.32 Å². The Bertz CT molecular complexity index is 669. The zero-order valence-corrected chi connectivity index (χ0v) is 12.1. The standard InChI is InChI=1S/C15H12F3N3S/c16-15(17,18)12-6-4-5-11(9-12)10-19-21-14(22)20-13-7-2-1-3-8-13/h1-10H,(H2,20,21,22)/b19-10+. The maximum absolute atomic E-state index is 12.6. The molecule has 0 unspecified atom stereocenters. The normalized spacial score (nSPS) is 11.4. The third-order valence-corrected chi connectivity index (χ3v) is 2.82. The minimum absolute atomic E-state index is 0.245. The smallest absolute Gasteiger partial charge is 0.331 e. The van der Waals surface area contributed by atoms with E-state index in [0.29, 0.717) is 5.56 Å². The molecule has 0 aliphatic rings. The number of halogens is 3. The average molecular weight is 323 g/mol. The second-order valence-electron chi connectivity index (χ2n) is 4.31. The number of alkyl halides is 3. The number of nitrogens with one attached hydrogen (secondary N) is 2. The highest BCUT2D eigenvalue weighted by Crippen LogP contribution is 2.29. The zero-order chi connectivity index (χ0) is 16.0. The molecule has 0 aliphatic heterocycles. The van der Waals surface area contributed by atoms with E-state index in [2.05, 4.69) is 15.8 Å². The fraction of sp³-hybridized carbons (Fsp3) is 0.0667. The van der Waals surface area contributed by atoms with Gasteiger partial charge in [0.2, 0.25) is 0 Å². The van der Waals surface area contributed by atoms with Gasteiger partial charge in [-0.15, -0.1) is 0 Å². The summed E-state index contributed by atoms with van der Waals surface area (Å²) in [5, 5.41) is 6.95. The third-order valence-electron chi connectivity index (χ3n) is 2.63. The Kier molecular flexibility index (Phi) is 5.11. The van der Waals surface area contributed by atoms with Crippen LogP contribution in [0, 0.1) is 0 Å². The topological polar surface area (TPSA) is 36.4 Å². The predicted molar refractivity (Wildman–Crippen MR) is 84.8 cm³/mol. The molecule has 0 atom stereocenters. The first-order valence-electron chi connectivity index (χ1n) is 6.27. The van der Waals surface area contributed by atoms with Gasteiger partial charge in [0.15, 0.2) is 5.11 Å². The Balaban J connectivity index is 1.94. The molecule has 0 heterocycles. The molecule has 0 fully saturated rings. The van der Waals surface area contributed by atoms with Gasteiger partial charge in [-0.05, 0) is 42.0 Å². The van der Waals surface area contributed by atoms with Crippen LogP contribution in [0.25, 0.3) is 0 Å². The van der Waals surface area contributed by atoms with E-state index < -0.39 is 11.7 Å². The number of hydrogen-bond acceptors (Lipinski definition) is 2. The van der Waals surface area contributed by atoms with Crippen LogP contribution in [0.5, 0.6) is 0 Å². The lowest BCUT2D eigenvalue weighted by molar-refractivity contribution is -0.137. The number of anilines is 1. The van der Waals surface area contributed by atoms with Gasteiger partial charge in [-0.3, -0.25) is 5.43 Å². The van der Waals surface area contributed by atoms with Gasteiger partial charge < -0.3 is 5.32 Å². The fourth-order valence-electron chi connectivity index (χ4n) is 1.64. The molecule has 2 N–H and O–H groups in total. The van der Waals surface area contributed by atoms with Crippen molar-refractivity contribution in [3.8, 4) is 0 Å². The Labute approximate surface area is 130 Å². The molecule has 2 aromatic carbocycles. The monoisotopic (exact) mass is 323 g/mol. The van der Waals surface area contributed by atoms with E-state index in [9.17, 15) is 13.2 Å². The first-order valence-corrected chi connectivity index (χ1v) is 6.68. The van der Waals surface area contributed by atoms with E-state index >= 15 is 0 Å². The molecule has 0 aromatic heterocycles. The van der Waals surface area contributed by atoms with Crippen molar-refractivity contribution >= 4 is 29.2 Å². The quantitative estimate of drug-likeness (QED) is 0.509. The van der Waals surface area contributed by atoms with Crippen molar-refractivity contribution in [3.05, 3.63) is 65.7 Å². The van der Waals surface area contributed by atoms with Crippen LogP contribution in [0.3, 0.4) is 0 Å². The highest BCUT2D eigenvalue weighted by molar-refractivity contribution is 7.80. The average Bonchev–Trinajstić information content (AvgIpc) is 2.48. The van der Waals surface area contributed by atoms with Gasteiger partial charge in [0, 0.05) is 5.69 Å². The Morgan fingerprint density at radius 1 is 1.05 bits per heavy atom. The summed E-state index contributed by atoms with van der Waals surface area (Å²) < 4.78 is 37.7. The minimum Gasteiger partial charge on any atom is -0.331 e. The molecule has 0 spiro atoms. The Hall–Kier alpha value is -2.41. The summed E-state index contributed by atoms with van der Waals surface area (Å²) in [5.41, 5.74) is 2.94. The van der Waals surface area contributed by atoms with Crippen molar-refractivity contribution in [3.63, 3.8) is 0 Å². The Morgan fingerprint density at radius 3 is 2.45 bits per heavy atom. The molecule has 114 valence electrons. The van der Waals surface area contributed by atoms with E-state index in [1.54, 1.807) is 0 Å². The highest BCUT2D eigenvalue weighted by Gasteiger charge is 2.30. The molecule has 0 bridgehead atoms. The molecule has 2 rings (SSSR count). The molecule has 0 saturated carbocycles. The van der Waals surface area contributed by atoms with E-state index in [1.165, 1.54) is 18.3 Å². The van der Waals surface area contributed by atoms with Crippen LogP contribution in [-0.2, 0) is 6.18 Å². The van der Waals surface area contributed by atoms with Crippen molar-refractivity contribution in [2.24, 2.45) is 5.10 Å². The largest absolute Gasteiger partial charge is 0.416 e. The van der Waals surface area contributed by atoms with Gasteiger partial charge in [0.1, 0.15) is 0 Å². The summed E-state index contributed by atoms with van der Waals surface area (Å²) in [6, 6.07) is 14.1. The Morgan fingerprint density at radius 2 is 1.77 bits per heavy atom. The summed E-state index contributed by atoms with van der Waals surface area (Å²) in [6.45, 7) is 0. The zero-order valence-electron chi connectivity index (χ0n) is 11.3. The van der Waals surface area contributed by atoms with Gasteiger partial charge in [0.25, 0.3) is 0 Å². The predicted octanol–water partition coefficient (Wildman–Crippen LogP) is 4.03. The van der Waals surface area contributed by atoms with Crippen LogP contribution in [0.15, 0.2) is 59.7 Å². The summed E-state index contributed by atoms with van der Waals surface area (Å²) >= 11 is 5.02. The third kappa shape index (κ3) is 4.85. The second-order valence-corrected chi connectivity index (χ2v) is 4.72. The van der Waals surface area contributed by atoms with Crippen molar-refractivity contribution in [1.29, 1.82) is 0 Å². The van der Waals surface area contributed by atoms with Gasteiger partial charge in [-0.2, -0.15) is 18.3 Å². The molecule has 0 amide bonds. The minimum atomic E-state index is -4.37. The number of hydrazone groups is 1. The molecule has 2 aromatic rings. The van der Waals surface area contributed by atoms with Gasteiger partial charge in [-0.1, -0.05) is 30.3 Å². The fourth-order valence-corrected chi connectivity index (χ4v) is 1.81. The molecule has 22 heavy (non-hydrogen) atoms. The van der Waals surface area contributed by atoms with Crippen LogP contribution in [0.2, 0.25) is 0 Å². The molecule has 0 aliphatic carbocycles. The number of hydrogen-bond donors (Lipinski definition) is 2. The molecular weight excluding hydrogens is 311 g/mol. The van der Waals surface area contributed by atoms with Crippen molar-refractivity contribution in [1.82, 2.24) is 5.43 Å². The maximum Gasteiger partial charge on any atom is 0.416 e. The first kappa shape index (κ1) is 16.0. The summed E-state index contributed by atoms with van der Waals surface area (Å²) in [7, 11) is 0. The number of rotatable bonds is 3. The summed E-state index contributed by atoms with van der Waals surface area (Å²) in [5.74, 6) is 0. The molecular formula is C15H12F3N3S. The molecule has 0 saturated heterocycles. The SMILES string of the molecule is FC(F)(F)c1cccc(/C=N/NC(=S)Nc2ccccc2)c1. The van der Waals surface area contributed by atoms with E-state index in [4.69, 9.17) is 12.2 Å². The summed E-state index contributed by atoms with van der Waals surface area (Å²) in [4.78, 5) is 0. The van der Waals surface area contributed by atoms with Crippen LogP contribution in [0.1, 0.15) is 11.1 Å². The molecule has 3 nitrogen and oxygen atoms in total. The highest BCUT2D eigenvalue weighted by atomic mass is 32.1. The summed E-state index contributed by atoms with van der Waals surface area (Å²) in [6.07, 6.45) is -3.10. The van der Waals surface area contributed by atoms with Gasteiger partial charge in [-0.25, -0.2) is 0 Å². The molecule has 0 radical (unpaired) electrons. The van der Waals surface area contributed by atoms with Crippen LogP contribution < -0.4 is 10.7 Å². The lowest BCUT2D eigenvalue weighted by Gasteiger charge is -2.07. The van der Waals surface area contributed by atoms with Gasteiger partial charge in [0.05, 0.1) is 11.8 Å². The van der Waals surface area contributed by atoms with Gasteiger partial charge >= 0.3 is 6.18 Å². The van der Waals surface area contributed by atoms with E-state index in [1.807, 2.05) is 30.3 Å². The van der Waals surface area contributed by atoms with Crippen LogP contribution in [0.4, 0.5) is 18.9 Å². The van der Waals surface area contributed by atoms with Crippen molar-refractivity contribution < 1.29 is 13.2 Å². The van der Waals surface area contributed by atoms with Crippen LogP contribution in [-0.4, -0.2) is 11.3 Å². The lowest BCUT2D eigenvalue weighted by atomic mass is 10.1. The first-order chi connectivity index (χ1) is 10.4. The maximum atomic E-state index is 12.6. The van der Waals surface area contributed by atoms with E-state index in [0.717, 1.165) is 17.8 Å².